The Balaban J connectivity index is 2.01. The second kappa shape index (κ2) is 9.07. The van der Waals surface area contributed by atoms with Gasteiger partial charge < -0.3 is 14.6 Å². The molecule has 0 radical (unpaired) electrons. The van der Waals surface area contributed by atoms with Crippen molar-refractivity contribution in [3.63, 3.8) is 0 Å². The first kappa shape index (κ1) is 22.5. The third-order valence-electron chi connectivity index (χ3n) is 5.23. The second-order valence-electron chi connectivity index (χ2n) is 7.84. The summed E-state index contributed by atoms with van der Waals surface area (Å²) in [6.07, 6.45) is 1.53. The molecule has 33 heavy (non-hydrogen) atoms. The number of esters is 1. The van der Waals surface area contributed by atoms with E-state index in [4.69, 9.17) is 9.47 Å². The maximum atomic E-state index is 13.6. The number of nitrogens with zero attached hydrogens (tertiary/aromatic N) is 2. The fourth-order valence-electron chi connectivity index (χ4n) is 3.81. The molecular formula is C25H24N2O5S. The number of aromatic nitrogens is 1. The molecule has 0 bridgehead atoms. The van der Waals surface area contributed by atoms with E-state index in [2.05, 4.69) is 4.99 Å². The highest BCUT2D eigenvalue weighted by atomic mass is 32.1. The van der Waals surface area contributed by atoms with Gasteiger partial charge in [0.05, 0.1) is 29.0 Å². The molecule has 0 fully saturated rings. The molecule has 3 aromatic rings. The minimum atomic E-state index is -0.768. The van der Waals surface area contributed by atoms with Crippen LogP contribution in [0.5, 0.6) is 11.5 Å². The number of methoxy groups -OCH3 is 1. The fourth-order valence-corrected chi connectivity index (χ4v) is 4.84. The Morgan fingerprint density at radius 2 is 1.88 bits per heavy atom. The maximum Gasteiger partial charge on any atom is 0.338 e. The Kier molecular flexibility index (Phi) is 6.20. The summed E-state index contributed by atoms with van der Waals surface area (Å²) >= 11 is 1.20. The predicted molar refractivity (Wildman–Crippen MR) is 126 cm³/mol. The lowest BCUT2D eigenvalue weighted by Crippen LogP contribution is -2.40. The molecule has 2 heterocycles. The molecule has 0 saturated heterocycles. The van der Waals surface area contributed by atoms with Crippen LogP contribution in [-0.2, 0) is 9.53 Å². The molecule has 0 aliphatic carbocycles. The van der Waals surface area contributed by atoms with Gasteiger partial charge in [0.25, 0.3) is 5.56 Å². The highest BCUT2D eigenvalue weighted by molar-refractivity contribution is 7.07. The zero-order chi connectivity index (χ0) is 23.7. The van der Waals surface area contributed by atoms with Crippen LogP contribution in [0.15, 0.2) is 69.6 Å². The van der Waals surface area contributed by atoms with Gasteiger partial charge >= 0.3 is 5.97 Å². The molecule has 1 atom stereocenters. The van der Waals surface area contributed by atoms with Gasteiger partial charge in [-0.3, -0.25) is 9.36 Å². The number of hydrogen-bond acceptors (Lipinski definition) is 7. The summed E-state index contributed by atoms with van der Waals surface area (Å²) in [6, 6.07) is 13.3. The minimum Gasteiger partial charge on any atom is -0.507 e. The second-order valence-corrected chi connectivity index (χ2v) is 8.85. The zero-order valence-corrected chi connectivity index (χ0v) is 19.6. The van der Waals surface area contributed by atoms with Crippen molar-refractivity contribution in [1.82, 2.24) is 4.57 Å². The largest absolute Gasteiger partial charge is 0.507 e. The Morgan fingerprint density at radius 3 is 2.58 bits per heavy atom. The highest BCUT2D eigenvalue weighted by Gasteiger charge is 2.34. The molecule has 4 rings (SSSR count). The van der Waals surface area contributed by atoms with Crippen molar-refractivity contribution in [2.45, 2.75) is 32.9 Å². The van der Waals surface area contributed by atoms with Crippen molar-refractivity contribution in [2.24, 2.45) is 4.99 Å². The molecule has 0 amide bonds. The Labute approximate surface area is 194 Å². The standard InChI is InChI=1S/C25H24N2O5S/c1-14(2)32-19-12-8-6-10-17(19)22-21(24(30)31-4)15(3)26-25-27(22)23(29)20(33-25)13-16-9-5-7-11-18(16)28/h5-14,22,28H,1-4H3. The number of aromatic hydroxyl groups is 1. The minimum absolute atomic E-state index is 0.0713. The summed E-state index contributed by atoms with van der Waals surface area (Å²) in [7, 11) is 1.31. The monoisotopic (exact) mass is 464 g/mol. The number of allylic oxidation sites excluding steroid dienone is 1. The van der Waals surface area contributed by atoms with Gasteiger partial charge in [-0.15, -0.1) is 0 Å². The number of phenolic OH excluding ortho intramolecular Hbond substituents is 1. The third-order valence-corrected chi connectivity index (χ3v) is 6.21. The van der Waals surface area contributed by atoms with Gasteiger partial charge in [-0.25, -0.2) is 9.79 Å². The van der Waals surface area contributed by atoms with Gasteiger partial charge in [0.2, 0.25) is 0 Å². The maximum absolute atomic E-state index is 13.6. The van der Waals surface area contributed by atoms with E-state index >= 15 is 0 Å². The van der Waals surface area contributed by atoms with Crippen LogP contribution in [0, 0.1) is 0 Å². The lowest BCUT2D eigenvalue weighted by Gasteiger charge is -2.26. The first-order valence-corrected chi connectivity index (χ1v) is 11.3. The van der Waals surface area contributed by atoms with Crippen LogP contribution in [-0.4, -0.2) is 28.9 Å². The van der Waals surface area contributed by atoms with Crippen LogP contribution in [0.3, 0.4) is 0 Å². The van der Waals surface area contributed by atoms with Crippen LogP contribution < -0.4 is 19.6 Å². The number of para-hydroxylation sites is 2. The number of hydrogen-bond donors (Lipinski definition) is 1. The molecule has 1 unspecified atom stereocenters. The first-order chi connectivity index (χ1) is 15.8. The number of rotatable bonds is 5. The van der Waals surface area contributed by atoms with Crippen LogP contribution in [0.1, 0.15) is 37.9 Å². The van der Waals surface area contributed by atoms with Gasteiger partial charge in [-0.1, -0.05) is 47.7 Å². The average Bonchev–Trinajstić information content (AvgIpc) is 3.08. The number of thiazole rings is 1. The van der Waals surface area contributed by atoms with Crippen LogP contribution in [0.4, 0.5) is 0 Å². The van der Waals surface area contributed by atoms with E-state index in [1.165, 1.54) is 23.0 Å². The van der Waals surface area contributed by atoms with E-state index in [9.17, 15) is 14.7 Å². The molecule has 1 aliphatic heterocycles. The van der Waals surface area contributed by atoms with Crippen molar-refractivity contribution in [1.29, 1.82) is 0 Å². The predicted octanol–water partition coefficient (Wildman–Crippen LogP) is 2.90. The Bertz CT molecular complexity index is 1430. The first-order valence-electron chi connectivity index (χ1n) is 10.5. The van der Waals surface area contributed by atoms with Crippen molar-refractivity contribution >= 4 is 23.4 Å². The summed E-state index contributed by atoms with van der Waals surface area (Å²) in [5.74, 6) is 0.0847. The van der Waals surface area contributed by atoms with E-state index in [0.29, 0.717) is 31.9 Å². The summed E-state index contributed by atoms with van der Waals surface area (Å²) in [6.45, 7) is 5.55. The number of carbonyl (C=O) groups excluding carboxylic acids is 1. The van der Waals surface area contributed by atoms with Crippen molar-refractivity contribution in [2.75, 3.05) is 7.11 Å². The van der Waals surface area contributed by atoms with Crippen LogP contribution in [0.2, 0.25) is 0 Å². The number of benzene rings is 2. The van der Waals surface area contributed by atoms with E-state index in [1.54, 1.807) is 37.3 Å². The Morgan fingerprint density at radius 1 is 1.18 bits per heavy atom. The number of fused-ring (bicyclic) bond motifs is 1. The number of phenols is 1. The topological polar surface area (TPSA) is 90.1 Å². The summed E-state index contributed by atoms with van der Waals surface area (Å²) in [4.78, 5) is 31.4. The quantitative estimate of drug-likeness (QED) is 0.587. The lowest BCUT2D eigenvalue weighted by molar-refractivity contribution is -0.136. The Hall–Kier alpha value is -3.65. The molecule has 8 heteroatoms. The molecule has 1 aliphatic rings. The highest BCUT2D eigenvalue weighted by Crippen LogP contribution is 2.36. The van der Waals surface area contributed by atoms with Crippen LogP contribution >= 0.6 is 11.3 Å². The van der Waals surface area contributed by atoms with E-state index < -0.39 is 12.0 Å². The van der Waals surface area contributed by atoms with Crippen LogP contribution in [0.25, 0.3) is 6.08 Å². The summed E-state index contributed by atoms with van der Waals surface area (Å²) in [5, 5.41) is 10.2. The zero-order valence-electron chi connectivity index (χ0n) is 18.7. The van der Waals surface area contributed by atoms with E-state index in [1.807, 2.05) is 38.1 Å². The van der Waals surface area contributed by atoms with Gasteiger partial charge in [-0.05, 0) is 39.0 Å². The molecule has 1 aromatic heterocycles. The third kappa shape index (κ3) is 4.21. The molecule has 1 N–H and O–H groups in total. The van der Waals surface area contributed by atoms with E-state index in [-0.39, 0.29) is 23.0 Å². The van der Waals surface area contributed by atoms with Gasteiger partial charge in [0, 0.05) is 11.1 Å². The van der Waals surface area contributed by atoms with Gasteiger partial charge in [-0.2, -0.15) is 0 Å². The fraction of sp³-hybridized carbons (Fsp3) is 0.240. The smallest absolute Gasteiger partial charge is 0.338 e. The van der Waals surface area contributed by atoms with Crippen molar-refractivity contribution < 1.29 is 19.4 Å². The number of carbonyl (C=O) groups is 1. The molecule has 0 saturated carbocycles. The molecule has 0 spiro atoms. The lowest BCUT2D eigenvalue weighted by atomic mass is 9.95. The normalized spacial score (nSPS) is 15.9. The molecular weight excluding hydrogens is 440 g/mol. The van der Waals surface area contributed by atoms with Crippen molar-refractivity contribution in [3.8, 4) is 11.5 Å². The average molecular weight is 465 g/mol. The molecule has 7 nitrogen and oxygen atoms in total. The van der Waals surface area contributed by atoms with Gasteiger partial charge in [0.1, 0.15) is 17.5 Å². The molecule has 2 aromatic carbocycles. The van der Waals surface area contributed by atoms with E-state index in [0.717, 1.165) is 0 Å². The SMILES string of the molecule is COC(=O)C1=C(C)N=c2sc(=Cc3ccccc3O)c(=O)n2C1c1ccccc1OC(C)C. The summed E-state index contributed by atoms with van der Waals surface area (Å²) < 4.78 is 13.0. The number of ether oxygens (including phenoxy) is 2. The molecule has 170 valence electrons. The summed E-state index contributed by atoms with van der Waals surface area (Å²) in [5.41, 5.74) is 1.61. The van der Waals surface area contributed by atoms with Gasteiger partial charge in [0.15, 0.2) is 4.80 Å². The van der Waals surface area contributed by atoms with Crippen molar-refractivity contribution in [3.05, 3.63) is 90.6 Å².